The number of ether oxygens (including phenoxy) is 2. The van der Waals surface area contributed by atoms with Crippen LogP contribution in [0.25, 0.3) is 39.0 Å². The number of para-hydroxylation sites is 1. The Morgan fingerprint density at radius 2 is 2.03 bits per heavy atom. The normalized spacial score (nSPS) is 16.6. The molecule has 8 heteroatoms. The van der Waals surface area contributed by atoms with Crippen molar-refractivity contribution >= 4 is 22.2 Å². The molecule has 5 heterocycles. The first kappa shape index (κ1) is 19.9. The minimum atomic E-state index is -0.186. The zero-order valence-corrected chi connectivity index (χ0v) is 18.2. The highest BCUT2D eigenvalue weighted by Gasteiger charge is 2.23. The van der Waals surface area contributed by atoms with Gasteiger partial charge in [-0.05, 0) is 37.3 Å². The predicted molar refractivity (Wildman–Crippen MR) is 126 cm³/mol. The van der Waals surface area contributed by atoms with Crippen molar-refractivity contribution in [1.82, 2.24) is 24.1 Å². The molecule has 1 N–H and O–H groups in total. The minimum absolute atomic E-state index is 0.145. The number of nitrogens with zero attached hydrogens (tertiary/aromatic N) is 4. The van der Waals surface area contributed by atoms with Gasteiger partial charge in [0.1, 0.15) is 5.65 Å². The fourth-order valence-corrected chi connectivity index (χ4v) is 4.47. The number of imidazole rings is 1. The van der Waals surface area contributed by atoms with E-state index in [-0.39, 0.29) is 11.8 Å². The third-order valence-electron chi connectivity index (χ3n) is 6.10. The van der Waals surface area contributed by atoms with E-state index in [0.717, 1.165) is 39.1 Å². The Balaban J connectivity index is 1.57. The molecule has 1 aliphatic rings. The molecule has 6 rings (SSSR count). The Morgan fingerprint density at radius 1 is 1.15 bits per heavy atom. The molecule has 33 heavy (non-hydrogen) atoms. The molecule has 0 radical (unpaired) electrons. The quantitative estimate of drug-likeness (QED) is 0.462. The first-order valence-electron chi connectivity index (χ1n) is 11.0. The van der Waals surface area contributed by atoms with Crippen molar-refractivity contribution in [1.29, 1.82) is 0 Å². The summed E-state index contributed by atoms with van der Waals surface area (Å²) >= 11 is 0. The summed E-state index contributed by atoms with van der Waals surface area (Å²) in [6.07, 6.45) is 3.53. The van der Waals surface area contributed by atoms with Gasteiger partial charge in [0.2, 0.25) is 0 Å². The molecule has 0 spiro atoms. The lowest BCUT2D eigenvalue weighted by Gasteiger charge is -2.23. The molecule has 0 saturated carbocycles. The van der Waals surface area contributed by atoms with Crippen LogP contribution in [0.5, 0.6) is 0 Å². The second-order valence-electron chi connectivity index (χ2n) is 8.24. The molecule has 0 amide bonds. The third kappa shape index (κ3) is 3.44. The molecule has 1 saturated heterocycles. The largest absolute Gasteiger partial charge is 0.376 e. The van der Waals surface area contributed by atoms with Crippen LogP contribution in [-0.2, 0) is 16.0 Å². The van der Waals surface area contributed by atoms with Gasteiger partial charge in [-0.2, -0.15) is 0 Å². The topological polar surface area (TPSA) is 87.0 Å². The van der Waals surface area contributed by atoms with Crippen molar-refractivity contribution in [2.75, 3.05) is 19.8 Å². The zero-order chi connectivity index (χ0) is 22.4. The second kappa shape index (κ2) is 7.99. The zero-order valence-electron chi connectivity index (χ0n) is 18.2. The van der Waals surface area contributed by atoms with Crippen molar-refractivity contribution in [2.24, 2.45) is 0 Å². The number of benzene rings is 1. The molecule has 0 unspecified atom stereocenters. The Bertz CT molecular complexity index is 1510. The number of hydrogen-bond acceptors (Lipinski definition) is 5. The Kier molecular flexibility index (Phi) is 4.82. The number of aromatic amines is 1. The highest BCUT2D eigenvalue weighted by Crippen LogP contribution is 2.29. The summed E-state index contributed by atoms with van der Waals surface area (Å²) in [4.78, 5) is 26.2. The van der Waals surface area contributed by atoms with Crippen molar-refractivity contribution in [3.8, 4) is 16.8 Å². The van der Waals surface area contributed by atoms with Crippen molar-refractivity contribution in [2.45, 2.75) is 19.6 Å². The van der Waals surface area contributed by atoms with E-state index in [1.165, 1.54) is 0 Å². The standard InChI is InChI=1S/C25H23N5O3/c1-16-21(18-11-17-7-8-26-23(17)27-13-18)12-22-24(28-16)30(19-5-3-2-4-6-19)25(31)29(22)14-20-15-32-9-10-33-20/h2-8,11-13,20H,9-10,14-15H2,1H3,(H,26,27)/t20-/m0/s1. The number of hydrogen-bond donors (Lipinski definition) is 1. The maximum atomic E-state index is 13.6. The Hall–Kier alpha value is -3.75. The van der Waals surface area contributed by atoms with Gasteiger partial charge in [0.15, 0.2) is 5.65 Å². The van der Waals surface area contributed by atoms with E-state index in [2.05, 4.69) is 16.0 Å². The van der Waals surface area contributed by atoms with Gasteiger partial charge in [-0.25, -0.2) is 19.3 Å². The molecule has 0 aliphatic carbocycles. The van der Waals surface area contributed by atoms with E-state index in [4.69, 9.17) is 14.5 Å². The molecule has 1 aliphatic heterocycles. The maximum Gasteiger partial charge on any atom is 0.335 e. The summed E-state index contributed by atoms with van der Waals surface area (Å²) in [6.45, 7) is 3.93. The molecule has 166 valence electrons. The third-order valence-corrected chi connectivity index (χ3v) is 6.10. The molecular formula is C25H23N5O3. The van der Waals surface area contributed by atoms with Crippen LogP contribution in [0.4, 0.5) is 0 Å². The average molecular weight is 441 g/mol. The van der Waals surface area contributed by atoms with Crippen molar-refractivity contribution in [3.05, 3.63) is 77.1 Å². The number of nitrogens with one attached hydrogen (secondary N) is 1. The van der Waals surface area contributed by atoms with Gasteiger partial charge in [-0.3, -0.25) is 4.57 Å². The van der Waals surface area contributed by atoms with Crippen LogP contribution >= 0.6 is 0 Å². The average Bonchev–Trinajstić information content (AvgIpc) is 3.42. The summed E-state index contributed by atoms with van der Waals surface area (Å²) in [6, 6.07) is 15.7. The van der Waals surface area contributed by atoms with Gasteiger partial charge in [0.25, 0.3) is 0 Å². The van der Waals surface area contributed by atoms with Crippen LogP contribution in [0.2, 0.25) is 0 Å². The van der Waals surface area contributed by atoms with Crippen molar-refractivity contribution in [3.63, 3.8) is 0 Å². The van der Waals surface area contributed by atoms with Gasteiger partial charge >= 0.3 is 5.69 Å². The summed E-state index contributed by atoms with van der Waals surface area (Å²) in [7, 11) is 0. The summed E-state index contributed by atoms with van der Waals surface area (Å²) in [5, 5.41) is 1.03. The Morgan fingerprint density at radius 3 is 2.85 bits per heavy atom. The molecule has 8 nitrogen and oxygen atoms in total. The van der Waals surface area contributed by atoms with E-state index < -0.39 is 0 Å². The number of pyridine rings is 2. The fraction of sp³-hybridized carbons (Fsp3) is 0.240. The Labute approximate surface area is 189 Å². The summed E-state index contributed by atoms with van der Waals surface area (Å²) in [5.74, 6) is 0. The monoisotopic (exact) mass is 441 g/mol. The van der Waals surface area contributed by atoms with E-state index in [1.54, 1.807) is 9.13 Å². The summed E-state index contributed by atoms with van der Waals surface area (Å²) in [5.41, 5.74) is 5.59. The lowest BCUT2D eigenvalue weighted by molar-refractivity contribution is -0.0935. The first-order valence-corrected chi connectivity index (χ1v) is 11.0. The molecule has 1 aromatic carbocycles. The first-order chi connectivity index (χ1) is 16.2. The van der Waals surface area contributed by atoms with Crippen LogP contribution in [0.1, 0.15) is 5.69 Å². The smallest absolute Gasteiger partial charge is 0.335 e. The second-order valence-corrected chi connectivity index (χ2v) is 8.24. The molecule has 1 atom stereocenters. The molecule has 0 bridgehead atoms. The number of H-pyrrole nitrogens is 1. The number of aromatic nitrogens is 5. The molecule has 4 aromatic heterocycles. The molecular weight excluding hydrogens is 418 g/mol. The van der Waals surface area contributed by atoms with Crippen LogP contribution in [0, 0.1) is 6.92 Å². The van der Waals surface area contributed by atoms with E-state index in [1.807, 2.05) is 61.8 Å². The lowest BCUT2D eigenvalue weighted by atomic mass is 10.1. The van der Waals surface area contributed by atoms with E-state index >= 15 is 0 Å². The minimum Gasteiger partial charge on any atom is -0.376 e. The van der Waals surface area contributed by atoms with Gasteiger partial charge in [0.05, 0.1) is 43.7 Å². The number of fused-ring (bicyclic) bond motifs is 2. The van der Waals surface area contributed by atoms with Crippen LogP contribution in [0.3, 0.4) is 0 Å². The molecule has 5 aromatic rings. The van der Waals surface area contributed by atoms with Crippen LogP contribution in [0.15, 0.2) is 65.7 Å². The predicted octanol–water partition coefficient (Wildman–Crippen LogP) is 3.45. The fourth-order valence-electron chi connectivity index (χ4n) is 4.47. The van der Waals surface area contributed by atoms with Gasteiger partial charge in [-0.15, -0.1) is 0 Å². The van der Waals surface area contributed by atoms with Crippen molar-refractivity contribution < 1.29 is 9.47 Å². The van der Waals surface area contributed by atoms with E-state index in [0.29, 0.717) is 32.0 Å². The summed E-state index contributed by atoms with van der Waals surface area (Å²) < 4.78 is 14.8. The van der Waals surface area contributed by atoms with Gasteiger partial charge in [0, 0.05) is 34.6 Å². The van der Waals surface area contributed by atoms with E-state index in [9.17, 15) is 4.79 Å². The van der Waals surface area contributed by atoms with Crippen LogP contribution < -0.4 is 5.69 Å². The SMILES string of the molecule is Cc1nc2c(cc1-c1cnc3[nH]ccc3c1)n(C[C@H]1COCCO1)c(=O)n2-c1ccccc1. The highest BCUT2D eigenvalue weighted by molar-refractivity contribution is 5.86. The maximum absolute atomic E-state index is 13.6. The number of rotatable bonds is 4. The van der Waals surface area contributed by atoms with Gasteiger partial charge in [-0.1, -0.05) is 18.2 Å². The molecule has 1 fully saturated rings. The van der Waals surface area contributed by atoms with Gasteiger partial charge < -0.3 is 14.5 Å². The highest BCUT2D eigenvalue weighted by atomic mass is 16.6. The van der Waals surface area contributed by atoms with Crippen LogP contribution in [-0.4, -0.2) is 50.0 Å². The number of aryl methyl sites for hydroxylation is 1. The lowest BCUT2D eigenvalue weighted by Crippen LogP contribution is -2.35.